The molecular weight excluding hydrogens is 118 g/mol. The third kappa shape index (κ3) is 1.05. The SMILES string of the molecule is C[CH]N1CCC(O)C1=O. The molecule has 1 amide bonds. The molecule has 0 spiro atoms. The Labute approximate surface area is 54.3 Å². The standard InChI is InChI=1S/C6H10NO2/c1-2-7-4-3-5(8)6(7)9/h2,5,8H,3-4H2,1H3. The van der Waals surface area contributed by atoms with Crippen molar-refractivity contribution >= 4 is 5.91 Å². The van der Waals surface area contributed by atoms with Crippen molar-refractivity contribution in [1.82, 2.24) is 4.90 Å². The minimum Gasteiger partial charge on any atom is -0.383 e. The summed E-state index contributed by atoms with van der Waals surface area (Å²) in [4.78, 5) is 12.3. The third-order valence-electron chi connectivity index (χ3n) is 1.52. The first-order valence-electron chi connectivity index (χ1n) is 3.03. The Kier molecular flexibility index (Phi) is 1.71. The fraction of sp³-hybridized carbons (Fsp3) is 0.667. The lowest BCUT2D eigenvalue weighted by Crippen LogP contribution is -2.25. The van der Waals surface area contributed by atoms with Crippen molar-refractivity contribution in [3.8, 4) is 0 Å². The van der Waals surface area contributed by atoms with E-state index in [0.29, 0.717) is 13.0 Å². The van der Waals surface area contributed by atoms with Crippen molar-refractivity contribution in [2.24, 2.45) is 0 Å². The summed E-state index contributed by atoms with van der Waals surface area (Å²) in [6, 6.07) is 0. The van der Waals surface area contributed by atoms with Gasteiger partial charge < -0.3 is 10.0 Å². The summed E-state index contributed by atoms with van der Waals surface area (Å²) in [7, 11) is 0. The van der Waals surface area contributed by atoms with E-state index in [2.05, 4.69) is 0 Å². The molecule has 51 valence electrons. The van der Waals surface area contributed by atoms with E-state index >= 15 is 0 Å². The molecule has 1 heterocycles. The van der Waals surface area contributed by atoms with E-state index < -0.39 is 6.10 Å². The molecule has 1 atom stereocenters. The molecule has 3 nitrogen and oxygen atoms in total. The number of hydrogen-bond acceptors (Lipinski definition) is 2. The number of likely N-dealkylation sites (tertiary alicyclic amines) is 1. The first-order chi connectivity index (χ1) is 4.25. The van der Waals surface area contributed by atoms with E-state index in [4.69, 9.17) is 5.11 Å². The lowest BCUT2D eigenvalue weighted by molar-refractivity contribution is -0.133. The Morgan fingerprint density at radius 1 is 1.89 bits per heavy atom. The van der Waals surface area contributed by atoms with Gasteiger partial charge in [-0.25, -0.2) is 0 Å². The van der Waals surface area contributed by atoms with Gasteiger partial charge in [0.25, 0.3) is 5.91 Å². The van der Waals surface area contributed by atoms with Crippen LogP contribution in [0.15, 0.2) is 0 Å². The molecule has 1 fully saturated rings. The predicted octanol–water partition coefficient (Wildman–Crippen LogP) is -0.239. The summed E-state index contributed by atoms with van der Waals surface area (Å²) in [5, 5.41) is 8.89. The van der Waals surface area contributed by atoms with Gasteiger partial charge in [0.1, 0.15) is 6.10 Å². The van der Waals surface area contributed by atoms with Crippen LogP contribution in [0, 0.1) is 6.54 Å². The second-order valence-electron chi connectivity index (χ2n) is 2.09. The van der Waals surface area contributed by atoms with Gasteiger partial charge in [-0.3, -0.25) is 4.79 Å². The van der Waals surface area contributed by atoms with Crippen LogP contribution >= 0.6 is 0 Å². The summed E-state index contributed by atoms with van der Waals surface area (Å²) in [5.41, 5.74) is 0. The van der Waals surface area contributed by atoms with E-state index in [1.54, 1.807) is 13.5 Å². The Bertz CT molecular complexity index is 124. The molecule has 1 rings (SSSR count). The molecule has 0 aromatic carbocycles. The number of nitrogens with zero attached hydrogens (tertiary/aromatic N) is 1. The number of aliphatic hydroxyl groups excluding tert-OH is 1. The minimum atomic E-state index is -0.749. The van der Waals surface area contributed by atoms with E-state index in [1.807, 2.05) is 0 Å². The number of carbonyl (C=O) groups excluding carboxylic acids is 1. The molecule has 3 heteroatoms. The molecular formula is C6H10NO2. The average Bonchev–Trinajstić information content (AvgIpc) is 2.15. The van der Waals surface area contributed by atoms with E-state index in [1.165, 1.54) is 4.90 Å². The maximum absolute atomic E-state index is 10.8. The Morgan fingerprint density at radius 3 is 2.78 bits per heavy atom. The molecule has 9 heavy (non-hydrogen) atoms. The van der Waals surface area contributed by atoms with E-state index in [-0.39, 0.29) is 5.91 Å². The van der Waals surface area contributed by atoms with Crippen LogP contribution in [-0.4, -0.2) is 28.6 Å². The van der Waals surface area contributed by atoms with Crippen molar-refractivity contribution in [1.29, 1.82) is 0 Å². The third-order valence-corrected chi connectivity index (χ3v) is 1.52. The van der Waals surface area contributed by atoms with Crippen molar-refractivity contribution in [3.05, 3.63) is 6.54 Å². The Hall–Kier alpha value is -0.570. The Balaban J connectivity index is 2.51. The molecule has 0 saturated carbocycles. The number of aliphatic hydroxyl groups is 1. The number of amides is 1. The van der Waals surface area contributed by atoms with Gasteiger partial charge in [-0.05, 0) is 13.3 Å². The molecule has 0 aliphatic carbocycles. The molecule has 1 aliphatic heterocycles. The van der Waals surface area contributed by atoms with Crippen LogP contribution in [0.1, 0.15) is 13.3 Å². The monoisotopic (exact) mass is 128 g/mol. The van der Waals surface area contributed by atoms with Gasteiger partial charge in [0.2, 0.25) is 0 Å². The fourth-order valence-electron chi connectivity index (χ4n) is 0.943. The topological polar surface area (TPSA) is 40.5 Å². The normalized spacial score (nSPS) is 27.6. The highest BCUT2D eigenvalue weighted by Gasteiger charge is 2.28. The smallest absolute Gasteiger partial charge is 0.251 e. The van der Waals surface area contributed by atoms with E-state index in [9.17, 15) is 4.79 Å². The van der Waals surface area contributed by atoms with Crippen molar-refractivity contribution in [3.63, 3.8) is 0 Å². The van der Waals surface area contributed by atoms with Crippen LogP contribution in [0.3, 0.4) is 0 Å². The van der Waals surface area contributed by atoms with Gasteiger partial charge in [0, 0.05) is 13.1 Å². The van der Waals surface area contributed by atoms with Crippen molar-refractivity contribution < 1.29 is 9.90 Å². The maximum Gasteiger partial charge on any atom is 0.251 e. The van der Waals surface area contributed by atoms with Crippen LogP contribution in [0.25, 0.3) is 0 Å². The first kappa shape index (κ1) is 6.55. The number of carbonyl (C=O) groups is 1. The zero-order valence-corrected chi connectivity index (χ0v) is 5.37. The molecule has 1 unspecified atom stereocenters. The number of hydrogen-bond donors (Lipinski definition) is 1. The van der Waals surface area contributed by atoms with Crippen LogP contribution in [0.4, 0.5) is 0 Å². The molecule has 0 aromatic rings. The van der Waals surface area contributed by atoms with Gasteiger partial charge in [-0.15, -0.1) is 0 Å². The maximum atomic E-state index is 10.8. The van der Waals surface area contributed by atoms with Crippen LogP contribution < -0.4 is 0 Å². The largest absolute Gasteiger partial charge is 0.383 e. The highest BCUT2D eigenvalue weighted by molar-refractivity contribution is 5.83. The summed E-state index contributed by atoms with van der Waals surface area (Å²) >= 11 is 0. The predicted molar refractivity (Wildman–Crippen MR) is 32.3 cm³/mol. The summed E-state index contributed by atoms with van der Waals surface area (Å²) in [6.07, 6.45) is -0.176. The quantitative estimate of drug-likeness (QED) is 0.529. The lowest BCUT2D eigenvalue weighted by Gasteiger charge is -2.10. The second-order valence-corrected chi connectivity index (χ2v) is 2.09. The molecule has 0 bridgehead atoms. The van der Waals surface area contributed by atoms with Crippen molar-refractivity contribution in [2.45, 2.75) is 19.4 Å². The highest BCUT2D eigenvalue weighted by atomic mass is 16.3. The van der Waals surface area contributed by atoms with Gasteiger partial charge >= 0.3 is 0 Å². The first-order valence-corrected chi connectivity index (χ1v) is 3.03. The zero-order valence-electron chi connectivity index (χ0n) is 5.37. The second kappa shape index (κ2) is 2.35. The Morgan fingerprint density at radius 2 is 2.56 bits per heavy atom. The van der Waals surface area contributed by atoms with Gasteiger partial charge in [0.15, 0.2) is 0 Å². The van der Waals surface area contributed by atoms with Crippen LogP contribution in [-0.2, 0) is 4.79 Å². The average molecular weight is 128 g/mol. The summed E-state index contributed by atoms with van der Waals surface area (Å²) in [6.45, 7) is 4.14. The lowest BCUT2D eigenvalue weighted by atomic mass is 10.3. The minimum absolute atomic E-state index is 0.169. The molecule has 1 radical (unpaired) electrons. The van der Waals surface area contributed by atoms with Crippen LogP contribution in [0.5, 0.6) is 0 Å². The summed E-state index contributed by atoms with van der Waals surface area (Å²) in [5.74, 6) is -0.169. The zero-order chi connectivity index (χ0) is 6.85. The van der Waals surface area contributed by atoms with Gasteiger partial charge in [-0.2, -0.15) is 0 Å². The van der Waals surface area contributed by atoms with Crippen molar-refractivity contribution in [2.75, 3.05) is 6.54 Å². The number of rotatable bonds is 1. The van der Waals surface area contributed by atoms with Crippen LogP contribution in [0.2, 0.25) is 0 Å². The van der Waals surface area contributed by atoms with Gasteiger partial charge in [0.05, 0.1) is 0 Å². The fourth-order valence-corrected chi connectivity index (χ4v) is 0.943. The highest BCUT2D eigenvalue weighted by Crippen LogP contribution is 2.10. The summed E-state index contributed by atoms with van der Waals surface area (Å²) < 4.78 is 0. The molecule has 1 saturated heterocycles. The van der Waals surface area contributed by atoms with Gasteiger partial charge in [-0.1, -0.05) is 0 Å². The molecule has 1 N–H and O–H groups in total. The van der Waals surface area contributed by atoms with E-state index in [0.717, 1.165) is 0 Å². The molecule has 0 aromatic heterocycles. The molecule has 1 aliphatic rings.